The Morgan fingerprint density at radius 2 is 1.24 bits per heavy atom. The first-order chi connectivity index (χ1) is 17.3. The first kappa shape index (κ1) is 30.4. The number of carbonyl (C=O) groups is 1. The van der Waals surface area contributed by atoms with Crippen molar-refractivity contribution >= 4 is 5.91 Å². The third-order valence-corrected chi connectivity index (χ3v) is 6.89. The molecule has 0 bridgehead atoms. The average molecular weight is 545 g/mol. The zero-order valence-electron chi connectivity index (χ0n) is 19.5. The molecule has 216 valence electrons. The molecule has 1 amide bonds. The molecule has 0 radical (unpaired) electrons. The van der Waals surface area contributed by atoms with Crippen LogP contribution >= 0.6 is 0 Å². The van der Waals surface area contributed by atoms with Crippen molar-refractivity contribution in [1.29, 1.82) is 0 Å². The fraction of sp³-hybridized carbons (Fsp3) is 0.947. The molecule has 0 aliphatic carbocycles. The zero-order valence-corrected chi connectivity index (χ0v) is 19.5. The topological polar surface area (TPSA) is 329 Å². The fourth-order valence-electron chi connectivity index (χ4n) is 4.49. The van der Waals surface area contributed by atoms with Crippen LogP contribution in [0.15, 0.2) is 0 Å². The lowest BCUT2D eigenvalue weighted by molar-refractivity contribution is -0.355. The number of rotatable bonds is 8. The van der Waals surface area contributed by atoms with Crippen LogP contribution in [0.5, 0.6) is 0 Å². The molecule has 3 rings (SSSR count). The molecule has 0 aromatic carbocycles. The molecule has 0 spiro atoms. The summed E-state index contributed by atoms with van der Waals surface area (Å²) in [5.74, 6) is -1.33. The van der Waals surface area contributed by atoms with Crippen LogP contribution in [0.4, 0.5) is 0 Å². The van der Waals surface area contributed by atoms with E-state index in [9.17, 15) is 45.6 Å². The predicted molar refractivity (Wildman–Crippen MR) is 115 cm³/mol. The second-order valence-corrected chi connectivity index (χ2v) is 9.22. The highest BCUT2D eigenvalue weighted by atomic mass is 16.7. The van der Waals surface area contributed by atoms with Crippen molar-refractivity contribution in [2.24, 2.45) is 22.9 Å². The van der Waals surface area contributed by atoms with Gasteiger partial charge in [-0.1, -0.05) is 0 Å². The van der Waals surface area contributed by atoms with Gasteiger partial charge in [-0.2, -0.15) is 0 Å². The van der Waals surface area contributed by atoms with Crippen molar-refractivity contribution < 1.29 is 69.3 Å². The summed E-state index contributed by atoms with van der Waals surface area (Å²) in [6.45, 7) is -2.64. The van der Waals surface area contributed by atoms with Gasteiger partial charge in [0.25, 0.3) is 5.91 Å². The Hall–Kier alpha value is -1.17. The van der Waals surface area contributed by atoms with Gasteiger partial charge >= 0.3 is 0 Å². The van der Waals surface area contributed by atoms with E-state index in [2.05, 4.69) is 0 Å². The van der Waals surface area contributed by atoms with E-state index in [0.717, 1.165) is 0 Å². The largest absolute Gasteiger partial charge is 0.394 e. The number of aliphatic hydroxyl groups excluding tert-OH is 8. The van der Waals surface area contributed by atoms with Crippen LogP contribution in [0.3, 0.4) is 0 Å². The predicted octanol–water partition coefficient (Wildman–Crippen LogP) is -8.82. The first-order valence-corrected chi connectivity index (χ1v) is 11.4. The smallest absolute Gasteiger partial charge is 0.255 e. The van der Waals surface area contributed by atoms with Crippen LogP contribution in [0.25, 0.3) is 0 Å². The van der Waals surface area contributed by atoms with Crippen LogP contribution in [0.2, 0.25) is 0 Å². The van der Waals surface area contributed by atoms with Crippen LogP contribution in [0.1, 0.15) is 0 Å². The Balaban J connectivity index is 1.78. The van der Waals surface area contributed by atoms with Gasteiger partial charge in [-0.25, -0.2) is 0 Å². The third kappa shape index (κ3) is 5.47. The molecule has 0 aromatic rings. The molecule has 2 unspecified atom stereocenters. The van der Waals surface area contributed by atoms with E-state index in [-0.39, 0.29) is 0 Å². The van der Waals surface area contributed by atoms with Gasteiger partial charge in [0.1, 0.15) is 48.8 Å². The van der Waals surface area contributed by atoms with E-state index in [4.69, 9.17) is 46.6 Å². The molecule has 37 heavy (non-hydrogen) atoms. The minimum absolute atomic E-state index is 0.692. The van der Waals surface area contributed by atoms with Gasteiger partial charge in [-0.15, -0.1) is 0 Å². The Bertz CT molecular complexity index is 781. The summed E-state index contributed by atoms with van der Waals surface area (Å²) < 4.78 is 27.3. The van der Waals surface area contributed by atoms with E-state index in [1.807, 2.05) is 0 Å². The number of nitrogens with two attached hydrogens (primary N) is 4. The summed E-state index contributed by atoms with van der Waals surface area (Å²) in [6.07, 6.45) is -17.5. The van der Waals surface area contributed by atoms with Gasteiger partial charge in [0, 0.05) is 0 Å². The molecule has 18 nitrogen and oxygen atoms in total. The lowest BCUT2D eigenvalue weighted by Crippen LogP contribution is -2.74. The number of hydrogen-bond acceptors (Lipinski definition) is 17. The summed E-state index contributed by atoms with van der Waals surface area (Å²) in [4.78, 5) is 11.9. The van der Waals surface area contributed by atoms with Crippen molar-refractivity contribution in [2.75, 3.05) is 19.8 Å². The molecule has 18 heteroatoms. The van der Waals surface area contributed by atoms with Crippen molar-refractivity contribution in [1.82, 2.24) is 0 Å². The number of aliphatic hydroxyl groups is 8. The highest BCUT2D eigenvalue weighted by Gasteiger charge is 2.58. The van der Waals surface area contributed by atoms with Crippen LogP contribution in [-0.4, -0.2) is 158 Å². The van der Waals surface area contributed by atoms with Gasteiger partial charge < -0.3 is 87.5 Å². The Morgan fingerprint density at radius 3 is 1.76 bits per heavy atom. The molecular weight excluding hydrogens is 508 g/mol. The minimum Gasteiger partial charge on any atom is -0.394 e. The number of hydrogen-bond donors (Lipinski definition) is 12. The lowest BCUT2D eigenvalue weighted by Gasteiger charge is -2.50. The highest BCUT2D eigenvalue weighted by molar-refractivity contribution is 5.84. The summed E-state index contributed by atoms with van der Waals surface area (Å²) in [5.41, 5.74) is 20.4. The van der Waals surface area contributed by atoms with E-state index in [1.54, 1.807) is 0 Å². The maximum Gasteiger partial charge on any atom is 0.255 e. The normalized spacial score (nSPS) is 51.1. The van der Waals surface area contributed by atoms with Crippen molar-refractivity contribution in [3.8, 4) is 0 Å². The molecule has 3 fully saturated rings. The first-order valence-electron chi connectivity index (χ1n) is 11.4. The molecule has 3 aliphatic heterocycles. The summed E-state index contributed by atoms with van der Waals surface area (Å²) in [7, 11) is 0. The van der Waals surface area contributed by atoms with Gasteiger partial charge in [-0.3, -0.25) is 4.79 Å². The highest BCUT2D eigenvalue weighted by Crippen LogP contribution is 2.34. The van der Waals surface area contributed by atoms with Gasteiger partial charge in [0.2, 0.25) is 0 Å². The van der Waals surface area contributed by atoms with E-state index in [1.165, 1.54) is 0 Å². The Kier molecular flexibility index (Phi) is 9.78. The number of amides is 1. The van der Waals surface area contributed by atoms with Crippen LogP contribution < -0.4 is 22.9 Å². The standard InChI is InChI=1S/C19H36N4O14/c20-6-9(27)12(4(1-24)33-15(6)31)35-16-7(21)10(28)13(5(2-25)34-16)36-17-8(22)11(29)14(30)19(3-26,37-17)18(23)32/h4-17,24-31H,1-3,20-22H2,(H2,23,32)/t4-,5-,6-,7-,8-,9-,10-,11-,12?,13?,14+,15-,16+,17+,19-/m1/s1. The molecule has 3 heterocycles. The molecular formula is C19H36N4O14. The van der Waals surface area contributed by atoms with E-state index in [0.29, 0.717) is 0 Å². The molecule has 15 atom stereocenters. The van der Waals surface area contributed by atoms with Crippen molar-refractivity contribution in [3.63, 3.8) is 0 Å². The number of ether oxygens (including phenoxy) is 5. The second kappa shape index (κ2) is 11.9. The zero-order chi connectivity index (χ0) is 27.8. The summed E-state index contributed by atoms with van der Waals surface area (Å²) in [5, 5.41) is 80.7. The molecule has 0 saturated carbocycles. The Morgan fingerprint density at radius 1 is 0.757 bits per heavy atom. The second-order valence-electron chi connectivity index (χ2n) is 9.22. The maximum atomic E-state index is 11.9. The average Bonchev–Trinajstić information content (AvgIpc) is 2.88. The SMILES string of the molecule is NC(=O)[C@]1(CO)O[C@H](OC2[C@@H](CO)O[C@@H](OC3[C@@H](CO)O[C@@H](O)[C@H](N)[C@H]3O)[C@H](N)[C@H]2O)[C@H](N)[C@@H](O)[C@@H]1O. The quantitative estimate of drug-likeness (QED) is 0.135. The summed E-state index contributed by atoms with van der Waals surface area (Å²) >= 11 is 0. The monoisotopic (exact) mass is 544 g/mol. The van der Waals surface area contributed by atoms with Gasteiger partial charge in [0.15, 0.2) is 24.5 Å². The summed E-state index contributed by atoms with van der Waals surface area (Å²) in [6, 6.07) is -4.26. The number of carbonyl (C=O) groups excluding carboxylic acids is 1. The number of primary amides is 1. The van der Waals surface area contributed by atoms with Crippen LogP contribution in [0, 0.1) is 0 Å². The van der Waals surface area contributed by atoms with Crippen molar-refractivity contribution in [2.45, 2.75) is 91.4 Å². The minimum atomic E-state index is -2.50. The molecule has 16 N–H and O–H groups in total. The molecule has 0 aromatic heterocycles. The van der Waals surface area contributed by atoms with Crippen molar-refractivity contribution in [3.05, 3.63) is 0 Å². The lowest BCUT2D eigenvalue weighted by atomic mass is 9.85. The molecule has 3 aliphatic rings. The Labute approximate surface area is 210 Å². The van der Waals surface area contributed by atoms with Gasteiger partial charge in [-0.05, 0) is 0 Å². The van der Waals surface area contributed by atoms with Crippen LogP contribution in [-0.2, 0) is 28.5 Å². The maximum absolute atomic E-state index is 11.9. The third-order valence-electron chi connectivity index (χ3n) is 6.89. The van der Waals surface area contributed by atoms with E-state index >= 15 is 0 Å². The van der Waals surface area contributed by atoms with E-state index < -0.39 is 117 Å². The van der Waals surface area contributed by atoms with Gasteiger partial charge in [0.05, 0.1) is 37.9 Å². The fourth-order valence-corrected chi connectivity index (χ4v) is 4.49. The molecule has 3 saturated heterocycles.